The average Bonchev–Trinajstić information content (AvgIpc) is 2.48. The molecule has 0 aliphatic carbocycles. The van der Waals surface area contributed by atoms with Crippen LogP contribution in [0.1, 0.15) is 12.5 Å². The molecule has 23 heavy (non-hydrogen) atoms. The van der Waals surface area contributed by atoms with Gasteiger partial charge in [-0.1, -0.05) is 17.7 Å². The van der Waals surface area contributed by atoms with E-state index in [9.17, 15) is 18.0 Å². The van der Waals surface area contributed by atoms with Gasteiger partial charge in [-0.05, 0) is 31.2 Å². The van der Waals surface area contributed by atoms with Gasteiger partial charge in [-0.3, -0.25) is 9.59 Å². The number of sulfonamides is 1. The molecule has 8 heteroatoms. The third-order valence-corrected chi connectivity index (χ3v) is 4.51. The van der Waals surface area contributed by atoms with Gasteiger partial charge in [-0.2, -0.15) is 4.72 Å². The molecule has 0 aromatic heterocycles. The SMILES string of the molecule is CC(=O)OC[C@@H]1C=CC(=O)[C@@H](NS(=O)(=O)c2ccc(C)cc2)O1. The molecule has 0 fully saturated rings. The number of carbonyl (C=O) groups excluding carboxylic acids is 2. The molecule has 0 saturated carbocycles. The second-order valence-corrected chi connectivity index (χ2v) is 6.77. The topological polar surface area (TPSA) is 98.8 Å². The van der Waals surface area contributed by atoms with Crippen LogP contribution in [0.2, 0.25) is 0 Å². The third-order valence-electron chi connectivity index (χ3n) is 3.09. The molecule has 1 aliphatic heterocycles. The number of aryl methyl sites for hydroxylation is 1. The lowest BCUT2D eigenvalue weighted by atomic mass is 10.2. The summed E-state index contributed by atoms with van der Waals surface area (Å²) in [6.45, 7) is 2.99. The van der Waals surface area contributed by atoms with Crippen molar-refractivity contribution in [1.82, 2.24) is 4.72 Å². The zero-order chi connectivity index (χ0) is 17.0. The largest absolute Gasteiger partial charge is 0.463 e. The molecule has 1 aromatic carbocycles. The van der Waals surface area contributed by atoms with Crippen LogP contribution < -0.4 is 4.72 Å². The van der Waals surface area contributed by atoms with Crippen LogP contribution in [0, 0.1) is 6.92 Å². The molecule has 7 nitrogen and oxygen atoms in total. The van der Waals surface area contributed by atoms with Gasteiger partial charge in [-0.15, -0.1) is 0 Å². The molecule has 0 saturated heterocycles. The Labute approximate surface area is 134 Å². The van der Waals surface area contributed by atoms with E-state index in [-0.39, 0.29) is 11.5 Å². The van der Waals surface area contributed by atoms with Crippen LogP contribution in [0.25, 0.3) is 0 Å². The van der Waals surface area contributed by atoms with Crippen molar-refractivity contribution in [3.05, 3.63) is 42.0 Å². The number of ether oxygens (including phenoxy) is 2. The molecule has 0 amide bonds. The Kier molecular flexibility index (Phi) is 5.30. The fourth-order valence-corrected chi connectivity index (χ4v) is 2.97. The summed E-state index contributed by atoms with van der Waals surface area (Å²) in [5.41, 5.74) is 0.915. The zero-order valence-corrected chi connectivity index (χ0v) is 13.5. The molecular formula is C15H17NO6S. The average molecular weight is 339 g/mol. The van der Waals surface area contributed by atoms with Crippen LogP contribution in [0.3, 0.4) is 0 Å². The number of benzene rings is 1. The number of nitrogens with one attached hydrogen (secondary N) is 1. The number of rotatable bonds is 5. The summed E-state index contributed by atoms with van der Waals surface area (Å²) >= 11 is 0. The van der Waals surface area contributed by atoms with Gasteiger partial charge >= 0.3 is 5.97 Å². The Hall–Kier alpha value is -2.03. The van der Waals surface area contributed by atoms with E-state index in [0.717, 1.165) is 5.56 Å². The van der Waals surface area contributed by atoms with E-state index in [0.29, 0.717) is 0 Å². The summed E-state index contributed by atoms with van der Waals surface area (Å²) in [6.07, 6.45) is 0.580. The second kappa shape index (κ2) is 7.03. The lowest BCUT2D eigenvalue weighted by Gasteiger charge is -2.25. The van der Waals surface area contributed by atoms with Crippen molar-refractivity contribution < 1.29 is 27.5 Å². The molecule has 1 N–H and O–H groups in total. The molecule has 2 atom stereocenters. The highest BCUT2D eigenvalue weighted by molar-refractivity contribution is 7.89. The molecule has 0 radical (unpaired) electrons. The molecule has 1 aromatic rings. The van der Waals surface area contributed by atoms with E-state index in [2.05, 4.69) is 4.72 Å². The molecule has 0 unspecified atom stereocenters. The fourth-order valence-electron chi connectivity index (χ4n) is 1.88. The van der Waals surface area contributed by atoms with Gasteiger partial charge in [0.1, 0.15) is 12.7 Å². The van der Waals surface area contributed by atoms with Crippen molar-refractivity contribution >= 4 is 21.8 Å². The summed E-state index contributed by atoms with van der Waals surface area (Å²) in [5, 5.41) is 0. The van der Waals surface area contributed by atoms with E-state index in [1.165, 1.54) is 31.2 Å². The number of hydrogen-bond acceptors (Lipinski definition) is 6. The monoisotopic (exact) mass is 339 g/mol. The number of ketones is 1. The van der Waals surface area contributed by atoms with Gasteiger partial charge in [0, 0.05) is 6.92 Å². The highest BCUT2D eigenvalue weighted by atomic mass is 32.2. The van der Waals surface area contributed by atoms with E-state index in [1.54, 1.807) is 12.1 Å². The van der Waals surface area contributed by atoms with Gasteiger partial charge in [0.25, 0.3) is 0 Å². The van der Waals surface area contributed by atoms with E-state index < -0.39 is 34.1 Å². The number of hydrogen-bond donors (Lipinski definition) is 1. The molecule has 1 aliphatic rings. The third kappa shape index (κ3) is 4.72. The van der Waals surface area contributed by atoms with Gasteiger partial charge in [0.15, 0.2) is 12.0 Å². The van der Waals surface area contributed by atoms with Crippen molar-refractivity contribution in [2.24, 2.45) is 0 Å². The molecule has 1 heterocycles. The highest BCUT2D eigenvalue weighted by Crippen LogP contribution is 2.14. The number of carbonyl (C=O) groups is 2. The first-order valence-corrected chi connectivity index (χ1v) is 8.36. The van der Waals surface area contributed by atoms with Gasteiger partial charge in [0.05, 0.1) is 4.90 Å². The van der Waals surface area contributed by atoms with E-state index in [1.807, 2.05) is 6.92 Å². The minimum absolute atomic E-state index is 0.0330. The van der Waals surface area contributed by atoms with Crippen molar-refractivity contribution in [1.29, 1.82) is 0 Å². The Morgan fingerprint density at radius 3 is 2.57 bits per heavy atom. The highest BCUT2D eigenvalue weighted by Gasteiger charge is 2.30. The maximum absolute atomic E-state index is 12.3. The molecule has 0 bridgehead atoms. The van der Waals surface area contributed by atoms with E-state index >= 15 is 0 Å². The predicted octanol–water partition coefficient (Wildman–Crippen LogP) is 0.687. The first-order valence-electron chi connectivity index (χ1n) is 6.88. The lowest BCUT2D eigenvalue weighted by Crippen LogP contribution is -2.46. The quantitative estimate of drug-likeness (QED) is 0.792. The Morgan fingerprint density at radius 2 is 1.96 bits per heavy atom. The van der Waals surface area contributed by atoms with Crippen LogP contribution in [-0.2, 0) is 29.1 Å². The Bertz CT molecular complexity index is 723. The zero-order valence-electron chi connectivity index (χ0n) is 12.7. The number of esters is 1. The van der Waals surface area contributed by atoms with Crippen LogP contribution in [-0.4, -0.2) is 39.1 Å². The smallest absolute Gasteiger partial charge is 0.302 e. The van der Waals surface area contributed by atoms with Crippen LogP contribution in [0.4, 0.5) is 0 Å². The van der Waals surface area contributed by atoms with Crippen molar-refractivity contribution in [3.63, 3.8) is 0 Å². The summed E-state index contributed by atoms with van der Waals surface area (Å²) in [6, 6.07) is 6.19. The maximum Gasteiger partial charge on any atom is 0.302 e. The second-order valence-electron chi connectivity index (χ2n) is 5.05. The van der Waals surface area contributed by atoms with Crippen molar-refractivity contribution in [2.45, 2.75) is 31.1 Å². The van der Waals surface area contributed by atoms with Gasteiger partial charge in [0.2, 0.25) is 10.0 Å². The van der Waals surface area contributed by atoms with Crippen LogP contribution in [0.5, 0.6) is 0 Å². The van der Waals surface area contributed by atoms with Crippen LogP contribution in [0.15, 0.2) is 41.3 Å². The lowest BCUT2D eigenvalue weighted by molar-refractivity contribution is -0.147. The van der Waals surface area contributed by atoms with Crippen LogP contribution >= 0.6 is 0 Å². The maximum atomic E-state index is 12.3. The fraction of sp³-hybridized carbons (Fsp3) is 0.333. The normalized spacial score (nSPS) is 21.2. The predicted molar refractivity (Wildman–Crippen MR) is 80.9 cm³/mol. The first kappa shape index (κ1) is 17.3. The molecule has 0 spiro atoms. The summed E-state index contributed by atoms with van der Waals surface area (Å²) in [4.78, 5) is 22.6. The van der Waals surface area contributed by atoms with Gasteiger partial charge < -0.3 is 9.47 Å². The first-order chi connectivity index (χ1) is 10.8. The molecule has 124 valence electrons. The minimum atomic E-state index is -3.90. The van der Waals surface area contributed by atoms with Gasteiger partial charge in [-0.25, -0.2) is 8.42 Å². The summed E-state index contributed by atoms with van der Waals surface area (Å²) in [7, 11) is -3.90. The Balaban J connectivity index is 2.08. The standard InChI is InChI=1S/C15H17NO6S/c1-10-3-6-13(7-4-10)23(19,20)16-15-14(18)8-5-12(22-15)9-21-11(2)17/h3-8,12,15-16H,9H2,1-2H3/t12-,15-/m0/s1. The van der Waals surface area contributed by atoms with Crippen molar-refractivity contribution in [2.75, 3.05) is 6.61 Å². The minimum Gasteiger partial charge on any atom is -0.463 e. The molecule has 2 rings (SSSR count). The summed E-state index contributed by atoms with van der Waals surface area (Å²) in [5.74, 6) is -1.02. The van der Waals surface area contributed by atoms with E-state index in [4.69, 9.17) is 9.47 Å². The van der Waals surface area contributed by atoms with Crippen molar-refractivity contribution in [3.8, 4) is 0 Å². The Morgan fingerprint density at radius 1 is 1.30 bits per heavy atom. The molecular weight excluding hydrogens is 322 g/mol. The summed E-state index contributed by atoms with van der Waals surface area (Å²) < 4.78 is 36.9.